The molecule has 1 fully saturated rings. The van der Waals surface area contributed by atoms with Gasteiger partial charge in [-0.2, -0.15) is 0 Å². The minimum Gasteiger partial charge on any atom is -0.374 e. The van der Waals surface area contributed by atoms with Crippen molar-refractivity contribution in [2.24, 2.45) is 5.73 Å². The molecule has 0 saturated heterocycles. The van der Waals surface area contributed by atoms with Gasteiger partial charge in [-0.1, -0.05) is 30.5 Å². The third-order valence-electron chi connectivity index (χ3n) is 4.01. The van der Waals surface area contributed by atoms with Crippen LogP contribution in [0.3, 0.4) is 0 Å². The van der Waals surface area contributed by atoms with Gasteiger partial charge in [0.05, 0.1) is 5.60 Å². The molecule has 2 nitrogen and oxygen atoms in total. The molecule has 0 spiro atoms. The Kier molecular flexibility index (Phi) is 4.82. The highest BCUT2D eigenvalue weighted by Crippen LogP contribution is 2.37. The van der Waals surface area contributed by atoms with Gasteiger partial charge in [-0.3, -0.25) is 0 Å². The third-order valence-corrected chi connectivity index (χ3v) is 4.36. The Morgan fingerprint density at radius 1 is 1.42 bits per heavy atom. The molecule has 106 valence electrons. The van der Waals surface area contributed by atoms with E-state index in [2.05, 4.69) is 0 Å². The van der Waals surface area contributed by atoms with Crippen molar-refractivity contribution in [3.63, 3.8) is 0 Å². The van der Waals surface area contributed by atoms with Crippen LogP contribution in [0, 0.1) is 5.82 Å². The lowest BCUT2D eigenvalue weighted by Crippen LogP contribution is -2.49. The van der Waals surface area contributed by atoms with Crippen molar-refractivity contribution in [3.05, 3.63) is 34.6 Å². The number of nitrogens with two attached hydrogens (primary N) is 1. The summed E-state index contributed by atoms with van der Waals surface area (Å²) in [4.78, 5) is 0. The predicted molar refractivity (Wildman–Crippen MR) is 75.9 cm³/mol. The van der Waals surface area contributed by atoms with E-state index in [9.17, 15) is 4.39 Å². The molecule has 2 N–H and O–H groups in total. The van der Waals surface area contributed by atoms with Gasteiger partial charge in [-0.05, 0) is 43.9 Å². The van der Waals surface area contributed by atoms with E-state index in [4.69, 9.17) is 22.1 Å². The lowest BCUT2D eigenvalue weighted by Gasteiger charge is -2.35. The van der Waals surface area contributed by atoms with Crippen LogP contribution in [0.4, 0.5) is 4.39 Å². The van der Waals surface area contributed by atoms with Gasteiger partial charge < -0.3 is 10.5 Å². The molecule has 1 aromatic rings. The SMILES string of the molecule is CCOC1(C(N)Cc2ccc(F)cc2Cl)CCCC1. The topological polar surface area (TPSA) is 35.2 Å². The molecule has 1 aliphatic carbocycles. The Bertz CT molecular complexity index is 432. The normalized spacial score (nSPS) is 19.6. The molecule has 19 heavy (non-hydrogen) atoms. The summed E-state index contributed by atoms with van der Waals surface area (Å²) in [5.41, 5.74) is 7.02. The molecule has 1 saturated carbocycles. The first-order valence-corrected chi connectivity index (χ1v) is 7.28. The molecule has 0 heterocycles. The second-order valence-corrected chi connectivity index (χ2v) is 5.66. The molecule has 2 rings (SSSR count). The molecular weight excluding hydrogens is 265 g/mol. The van der Waals surface area contributed by atoms with Gasteiger partial charge in [0, 0.05) is 17.7 Å². The zero-order valence-electron chi connectivity index (χ0n) is 11.3. The van der Waals surface area contributed by atoms with Crippen molar-refractivity contribution in [1.29, 1.82) is 0 Å². The van der Waals surface area contributed by atoms with Crippen molar-refractivity contribution < 1.29 is 9.13 Å². The summed E-state index contributed by atoms with van der Waals surface area (Å²) in [5, 5.41) is 0.445. The standard InChI is InChI=1S/C15H21ClFNO/c1-2-19-15(7-3-4-8-15)14(18)9-11-5-6-12(17)10-13(11)16/h5-6,10,14H,2-4,7-9,18H2,1H3. The molecule has 0 bridgehead atoms. The monoisotopic (exact) mass is 285 g/mol. The van der Waals surface area contributed by atoms with Crippen LogP contribution in [-0.4, -0.2) is 18.2 Å². The number of rotatable bonds is 5. The maximum absolute atomic E-state index is 13.0. The molecular formula is C15H21ClFNO. The van der Waals surface area contributed by atoms with E-state index in [-0.39, 0.29) is 17.5 Å². The minimum atomic E-state index is -0.317. The van der Waals surface area contributed by atoms with Crippen molar-refractivity contribution in [1.82, 2.24) is 0 Å². The molecule has 4 heteroatoms. The molecule has 1 atom stereocenters. The average Bonchev–Trinajstić information content (AvgIpc) is 2.83. The van der Waals surface area contributed by atoms with E-state index in [0.717, 1.165) is 31.2 Å². The Morgan fingerprint density at radius 3 is 2.68 bits per heavy atom. The molecule has 0 aromatic heterocycles. The van der Waals surface area contributed by atoms with E-state index < -0.39 is 0 Å². The van der Waals surface area contributed by atoms with Crippen LogP contribution in [0.25, 0.3) is 0 Å². The van der Waals surface area contributed by atoms with Crippen molar-refractivity contribution in [2.45, 2.75) is 50.7 Å². The van der Waals surface area contributed by atoms with Gasteiger partial charge >= 0.3 is 0 Å². The number of hydrogen-bond acceptors (Lipinski definition) is 2. The second kappa shape index (κ2) is 6.21. The number of benzene rings is 1. The van der Waals surface area contributed by atoms with Gasteiger partial charge in [0.25, 0.3) is 0 Å². The zero-order chi connectivity index (χ0) is 13.9. The zero-order valence-corrected chi connectivity index (χ0v) is 12.0. The number of halogens is 2. The van der Waals surface area contributed by atoms with Crippen molar-refractivity contribution in [3.8, 4) is 0 Å². The highest BCUT2D eigenvalue weighted by atomic mass is 35.5. The average molecular weight is 286 g/mol. The fraction of sp³-hybridized carbons (Fsp3) is 0.600. The predicted octanol–water partition coefficient (Wildman–Crippen LogP) is 3.70. The van der Waals surface area contributed by atoms with Crippen molar-refractivity contribution >= 4 is 11.6 Å². The quantitative estimate of drug-likeness (QED) is 0.895. The summed E-state index contributed by atoms with van der Waals surface area (Å²) in [7, 11) is 0. The lowest BCUT2D eigenvalue weighted by molar-refractivity contribution is -0.0524. The molecule has 0 aliphatic heterocycles. The highest BCUT2D eigenvalue weighted by Gasteiger charge is 2.40. The van der Waals surface area contributed by atoms with Crippen LogP contribution in [0.1, 0.15) is 38.2 Å². The summed E-state index contributed by atoms with van der Waals surface area (Å²) < 4.78 is 19.0. The Morgan fingerprint density at radius 2 is 2.11 bits per heavy atom. The van der Waals surface area contributed by atoms with Gasteiger partial charge in [-0.25, -0.2) is 4.39 Å². The van der Waals surface area contributed by atoms with E-state index >= 15 is 0 Å². The van der Waals surface area contributed by atoms with Crippen LogP contribution in [0.2, 0.25) is 5.02 Å². The summed E-state index contributed by atoms with van der Waals surface area (Å²) in [5.74, 6) is -0.317. The fourth-order valence-electron chi connectivity index (χ4n) is 2.99. The van der Waals surface area contributed by atoms with Crippen LogP contribution in [0.15, 0.2) is 18.2 Å². The van der Waals surface area contributed by atoms with Gasteiger partial charge in [0.1, 0.15) is 5.82 Å². The van der Waals surface area contributed by atoms with Gasteiger partial charge in [0.15, 0.2) is 0 Å². The second-order valence-electron chi connectivity index (χ2n) is 5.25. The Labute approximate surface area is 119 Å². The first-order valence-electron chi connectivity index (χ1n) is 6.91. The first-order chi connectivity index (χ1) is 9.07. The Hall–Kier alpha value is -0.640. The summed E-state index contributed by atoms with van der Waals surface area (Å²) >= 11 is 6.07. The first kappa shape index (κ1) is 14.8. The fourth-order valence-corrected chi connectivity index (χ4v) is 3.24. The lowest BCUT2D eigenvalue weighted by atomic mass is 9.88. The van der Waals surface area contributed by atoms with Gasteiger partial charge in [-0.15, -0.1) is 0 Å². The Balaban J connectivity index is 2.12. The highest BCUT2D eigenvalue weighted by molar-refractivity contribution is 6.31. The van der Waals surface area contributed by atoms with Crippen LogP contribution in [-0.2, 0) is 11.2 Å². The third kappa shape index (κ3) is 3.28. The number of ether oxygens (including phenoxy) is 1. The van der Waals surface area contributed by atoms with Gasteiger partial charge in [0.2, 0.25) is 0 Å². The molecule has 1 aromatic carbocycles. The van der Waals surface area contributed by atoms with E-state index in [1.54, 1.807) is 6.07 Å². The van der Waals surface area contributed by atoms with Crippen LogP contribution in [0.5, 0.6) is 0 Å². The largest absolute Gasteiger partial charge is 0.374 e. The van der Waals surface area contributed by atoms with Crippen molar-refractivity contribution in [2.75, 3.05) is 6.61 Å². The molecule has 1 unspecified atom stereocenters. The van der Waals surface area contributed by atoms with Crippen LogP contribution >= 0.6 is 11.6 Å². The maximum Gasteiger partial charge on any atom is 0.124 e. The summed E-state index contributed by atoms with van der Waals surface area (Å²) in [6.07, 6.45) is 4.94. The summed E-state index contributed by atoms with van der Waals surface area (Å²) in [6.45, 7) is 2.67. The minimum absolute atomic E-state index is 0.0992. The van der Waals surface area contributed by atoms with E-state index in [0.29, 0.717) is 18.1 Å². The number of hydrogen-bond donors (Lipinski definition) is 1. The molecule has 1 aliphatic rings. The van der Waals surface area contributed by atoms with E-state index in [1.165, 1.54) is 12.1 Å². The molecule has 0 amide bonds. The smallest absolute Gasteiger partial charge is 0.124 e. The maximum atomic E-state index is 13.0. The summed E-state index contributed by atoms with van der Waals surface area (Å²) in [6, 6.07) is 4.38. The molecule has 0 radical (unpaired) electrons. The van der Waals surface area contributed by atoms with E-state index in [1.807, 2.05) is 6.92 Å². The van der Waals surface area contributed by atoms with Crippen LogP contribution < -0.4 is 5.73 Å².